The molecule has 0 aromatic rings. The third-order valence-corrected chi connectivity index (χ3v) is 5.87. The molecule has 0 heterocycles. The molecule has 0 bridgehead atoms. The number of aliphatic carboxylic acids is 1. The van der Waals surface area contributed by atoms with Gasteiger partial charge >= 0.3 is 5.97 Å². The van der Waals surface area contributed by atoms with Crippen molar-refractivity contribution in [3.05, 3.63) is 72.9 Å². The van der Waals surface area contributed by atoms with Gasteiger partial charge in [0.15, 0.2) is 5.96 Å². The molecule has 6 N–H and O–H groups in total. The lowest BCUT2D eigenvalue weighted by atomic mass is 10.0. The van der Waals surface area contributed by atoms with E-state index in [-0.39, 0.29) is 30.9 Å². The van der Waals surface area contributed by atoms with Crippen molar-refractivity contribution in [1.29, 1.82) is 5.41 Å². The summed E-state index contributed by atoms with van der Waals surface area (Å²) in [7, 11) is 1.53. The number of carbonyl (C=O) groups is 3. The van der Waals surface area contributed by atoms with E-state index in [0.717, 1.165) is 38.5 Å². The Labute approximate surface area is 246 Å². The van der Waals surface area contributed by atoms with Crippen LogP contribution in [0.5, 0.6) is 0 Å². The molecule has 0 rings (SSSR count). The molecule has 0 aliphatic carbocycles. The monoisotopic (exact) mass is 569 g/mol. The first-order valence-corrected chi connectivity index (χ1v) is 14.5. The van der Waals surface area contributed by atoms with Crippen molar-refractivity contribution in [2.24, 2.45) is 11.7 Å². The van der Waals surface area contributed by atoms with Gasteiger partial charge in [-0.2, -0.15) is 0 Å². The van der Waals surface area contributed by atoms with Crippen molar-refractivity contribution in [2.45, 2.75) is 71.1 Å². The number of hydrogen-bond acceptors (Lipinski definition) is 4. The minimum Gasteiger partial charge on any atom is -0.481 e. The number of hydrogen-bond donors (Lipinski definition) is 5. The van der Waals surface area contributed by atoms with Crippen LogP contribution in [-0.2, 0) is 14.4 Å². The minimum atomic E-state index is -0.982. The van der Waals surface area contributed by atoms with E-state index < -0.39 is 11.9 Å². The fraction of sp³-hybridized carbons (Fsp3) is 0.500. The summed E-state index contributed by atoms with van der Waals surface area (Å²) in [5.41, 5.74) is 5.29. The van der Waals surface area contributed by atoms with E-state index in [0.29, 0.717) is 32.2 Å². The van der Waals surface area contributed by atoms with Crippen LogP contribution in [0.1, 0.15) is 71.1 Å². The number of allylic oxidation sites excluding steroid dienone is 12. The van der Waals surface area contributed by atoms with Gasteiger partial charge in [0.05, 0.1) is 12.5 Å². The highest BCUT2D eigenvalue weighted by molar-refractivity contribution is 5.84. The third kappa shape index (κ3) is 24.9. The smallest absolute Gasteiger partial charge is 0.308 e. The Morgan fingerprint density at radius 1 is 0.805 bits per heavy atom. The summed E-state index contributed by atoms with van der Waals surface area (Å²) in [6, 6.07) is 0. The zero-order chi connectivity index (χ0) is 30.6. The van der Waals surface area contributed by atoms with Crippen LogP contribution in [0.15, 0.2) is 72.9 Å². The first-order valence-electron chi connectivity index (χ1n) is 14.5. The van der Waals surface area contributed by atoms with Crippen LogP contribution in [-0.4, -0.2) is 60.4 Å². The van der Waals surface area contributed by atoms with Crippen molar-refractivity contribution < 1.29 is 19.5 Å². The van der Waals surface area contributed by atoms with Crippen LogP contribution in [0.4, 0.5) is 0 Å². The summed E-state index contributed by atoms with van der Waals surface area (Å²) in [5, 5.41) is 22.0. The fourth-order valence-electron chi connectivity index (χ4n) is 3.43. The number of nitrogens with zero attached hydrogens (tertiary/aromatic N) is 1. The number of amides is 2. The van der Waals surface area contributed by atoms with Gasteiger partial charge in [0.25, 0.3) is 0 Å². The highest BCUT2D eigenvalue weighted by atomic mass is 16.4. The Morgan fingerprint density at radius 2 is 1.29 bits per heavy atom. The molecule has 1 unspecified atom stereocenters. The van der Waals surface area contributed by atoms with Gasteiger partial charge in [-0.1, -0.05) is 79.8 Å². The van der Waals surface area contributed by atoms with Crippen molar-refractivity contribution in [1.82, 2.24) is 15.5 Å². The van der Waals surface area contributed by atoms with Crippen LogP contribution in [0.3, 0.4) is 0 Å². The molecular formula is C32H51N5O4. The Balaban J connectivity index is 3.93. The summed E-state index contributed by atoms with van der Waals surface area (Å²) in [6.45, 7) is 2.46. The molecule has 0 aromatic heterocycles. The summed E-state index contributed by atoms with van der Waals surface area (Å²) >= 11 is 0. The molecule has 0 spiro atoms. The van der Waals surface area contributed by atoms with E-state index >= 15 is 0 Å². The van der Waals surface area contributed by atoms with Crippen molar-refractivity contribution in [2.75, 3.05) is 26.7 Å². The lowest BCUT2D eigenvalue weighted by molar-refractivity contribution is -0.142. The van der Waals surface area contributed by atoms with Crippen LogP contribution < -0.4 is 16.4 Å². The van der Waals surface area contributed by atoms with Gasteiger partial charge in [-0.25, -0.2) is 0 Å². The zero-order valence-corrected chi connectivity index (χ0v) is 24.9. The van der Waals surface area contributed by atoms with Gasteiger partial charge in [0.1, 0.15) is 0 Å². The Hall–Kier alpha value is -3.88. The second-order valence-electron chi connectivity index (χ2n) is 9.53. The van der Waals surface area contributed by atoms with Crippen molar-refractivity contribution in [3.8, 4) is 0 Å². The van der Waals surface area contributed by atoms with Crippen molar-refractivity contribution >= 4 is 23.7 Å². The fourth-order valence-corrected chi connectivity index (χ4v) is 3.43. The molecule has 2 amide bonds. The Morgan fingerprint density at radius 3 is 1.76 bits per heavy atom. The number of carboxylic acid groups (broad SMARTS) is 1. The van der Waals surface area contributed by atoms with Gasteiger partial charge < -0.3 is 26.4 Å². The normalized spacial score (nSPS) is 12.8. The molecule has 228 valence electrons. The second kappa shape index (κ2) is 26.3. The molecule has 0 saturated carbocycles. The van der Waals surface area contributed by atoms with Crippen LogP contribution >= 0.6 is 0 Å². The largest absolute Gasteiger partial charge is 0.481 e. The maximum Gasteiger partial charge on any atom is 0.308 e. The summed E-state index contributed by atoms with van der Waals surface area (Å²) in [5.74, 6) is -2.39. The van der Waals surface area contributed by atoms with Gasteiger partial charge in [0, 0.05) is 26.6 Å². The van der Waals surface area contributed by atoms with E-state index in [9.17, 15) is 19.5 Å². The lowest BCUT2D eigenvalue weighted by Crippen LogP contribution is -2.41. The molecule has 0 saturated heterocycles. The highest BCUT2D eigenvalue weighted by Crippen LogP contribution is 2.06. The first kappa shape index (κ1) is 37.1. The van der Waals surface area contributed by atoms with E-state index in [1.807, 2.05) is 12.2 Å². The Kier molecular flexibility index (Phi) is 23.9. The highest BCUT2D eigenvalue weighted by Gasteiger charge is 2.18. The number of carbonyl (C=O) groups excluding carboxylic acids is 2. The molecular weight excluding hydrogens is 518 g/mol. The molecule has 0 aromatic carbocycles. The van der Waals surface area contributed by atoms with E-state index in [1.165, 1.54) is 11.9 Å². The van der Waals surface area contributed by atoms with Gasteiger partial charge in [-0.05, 0) is 57.8 Å². The molecule has 41 heavy (non-hydrogen) atoms. The SMILES string of the molecule is CC/C=C\C/C=C\C/C=C\C/C=C\C/C=C\C/C=C\CCC(=O)NCC(CCCNC(=O)CN(C)C(=N)N)C(=O)O. The Bertz CT molecular complexity index is 934. The number of carboxylic acids is 1. The minimum absolute atomic E-state index is 0.0372. The first-order chi connectivity index (χ1) is 19.8. The van der Waals surface area contributed by atoms with E-state index in [4.69, 9.17) is 11.1 Å². The van der Waals surface area contributed by atoms with Crippen LogP contribution in [0, 0.1) is 11.3 Å². The summed E-state index contributed by atoms with van der Waals surface area (Å²) in [4.78, 5) is 36.6. The molecule has 0 aliphatic rings. The summed E-state index contributed by atoms with van der Waals surface area (Å²) < 4.78 is 0. The average Bonchev–Trinajstić information content (AvgIpc) is 2.93. The number of nitrogens with two attached hydrogens (primary N) is 1. The maximum absolute atomic E-state index is 12.1. The van der Waals surface area contributed by atoms with E-state index in [2.05, 4.69) is 78.3 Å². The van der Waals surface area contributed by atoms with Crippen molar-refractivity contribution in [3.63, 3.8) is 0 Å². The maximum atomic E-state index is 12.1. The van der Waals surface area contributed by atoms with Crippen LogP contribution in [0.2, 0.25) is 0 Å². The molecule has 0 aliphatic heterocycles. The third-order valence-electron chi connectivity index (χ3n) is 5.87. The number of guanidine groups is 1. The molecule has 9 heteroatoms. The molecule has 1 atom stereocenters. The average molecular weight is 570 g/mol. The van der Waals surface area contributed by atoms with Gasteiger partial charge in [-0.15, -0.1) is 0 Å². The molecule has 0 radical (unpaired) electrons. The second-order valence-corrected chi connectivity index (χ2v) is 9.53. The predicted octanol–water partition coefficient (Wildman–Crippen LogP) is 5.00. The molecule has 9 nitrogen and oxygen atoms in total. The molecule has 0 fully saturated rings. The van der Waals surface area contributed by atoms with Gasteiger partial charge in [0.2, 0.25) is 11.8 Å². The van der Waals surface area contributed by atoms with Crippen LogP contribution in [0.25, 0.3) is 0 Å². The topological polar surface area (TPSA) is 149 Å². The number of rotatable bonds is 23. The summed E-state index contributed by atoms with van der Waals surface area (Å²) in [6.07, 6.45) is 33.0. The zero-order valence-electron chi connectivity index (χ0n) is 24.9. The quantitative estimate of drug-likeness (QED) is 0.0506. The standard InChI is InChI=1S/C32H51N5O4/c1-3-4-5-6-7-8-9-10-11-12-13-14-15-16-17-18-19-20-21-24-29(38)36-26-28(31(40)41)23-22-25-35-30(39)27-37(2)32(33)34/h4-5,7-8,10-11,13-14,16-17,19-20,28H,3,6,9,12,15,18,21-27H2,1-2H3,(H3,33,34)(H,35,39)(H,36,38)(H,40,41)/b5-4-,8-7-,11-10-,14-13-,17-16-,20-19-. The lowest BCUT2D eigenvalue weighted by Gasteiger charge is -2.16. The number of likely N-dealkylation sites (N-methyl/N-ethyl adjacent to an activating group) is 1. The predicted molar refractivity (Wildman–Crippen MR) is 168 cm³/mol. The number of nitrogens with one attached hydrogen (secondary N) is 3. The van der Waals surface area contributed by atoms with Gasteiger partial charge in [-0.3, -0.25) is 19.8 Å². The van der Waals surface area contributed by atoms with E-state index in [1.54, 1.807) is 0 Å².